The van der Waals surface area contributed by atoms with Crippen LogP contribution < -0.4 is 14.8 Å². The summed E-state index contributed by atoms with van der Waals surface area (Å²) in [5.41, 5.74) is 1.86. The molecule has 2 aromatic rings. The lowest BCUT2D eigenvalue weighted by Crippen LogP contribution is -2.37. The molecule has 1 aliphatic heterocycles. The molecule has 1 amide bonds. The Hall–Kier alpha value is -2.58. The predicted molar refractivity (Wildman–Crippen MR) is 128 cm³/mol. The molecule has 0 aromatic heterocycles. The van der Waals surface area contributed by atoms with Gasteiger partial charge in [0.2, 0.25) is 15.9 Å². The topological polar surface area (TPSA) is 84.9 Å². The van der Waals surface area contributed by atoms with E-state index < -0.39 is 10.0 Å². The molecule has 0 unspecified atom stereocenters. The smallest absolute Gasteiger partial charge is 0.243 e. The second kappa shape index (κ2) is 11.5. The third-order valence-corrected chi connectivity index (χ3v) is 7.65. The number of aryl methyl sites for hydroxylation is 2. The fraction of sp³-hybridized carbons (Fsp3) is 0.480. The number of rotatable bonds is 10. The van der Waals surface area contributed by atoms with E-state index in [4.69, 9.17) is 9.47 Å². The molecule has 180 valence electrons. The van der Waals surface area contributed by atoms with Gasteiger partial charge < -0.3 is 14.8 Å². The number of nitrogens with one attached hydrogen (secondary N) is 1. The molecule has 1 heterocycles. The van der Waals surface area contributed by atoms with Crippen LogP contribution in [0.1, 0.15) is 43.7 Å². The van der Waals surface area contributed by atoms with Crippen LogP contribution >= 0.6 is 0 Å². The number of benzene rings is 2. The number of amides is 1. The molecule has 1 N–H and O–H groups in total. The SMILES string of the molecule is COc1ccc(S(=O)(=O)N2CCCCC2)cc1CCC(=O)N[C@@H](C)COc1ccc(C)cc1. The molecule has 0 aliphatic carbocycles. The Labute approximate surface area is 197 Å². The number of nitrogens with zero attached hydrogens (tertiary/aromatic N) is 1. The molecule has 8 heteroatoms. The van der Waals surface area contributed by atoms with E-state index in [-0.39, 0.29) is 23.3 Å². The van der Waals surface area contributed by atoms with Gasteiger partial charge in [-0.25, -0.2) is 8.42 Å². The fourth-order valence-corrected chi connectivity index (χ4v) is 5.43. The Bertz CT molecular complexity index is 1030. The molecule has 7 nitrogen and oxygen atoms in total. The van der Waals surface area contributed by atoms with Crippen LogP contribution in [0.4, 0.5) is 0 Å². The number of ether oxygens (including phenoxy) is 2. The molecule has 2 aromatic carbocycles. The summed E-state index contributed by atoms with van der Waals surface area (Å²) < 4.78 is 38.7. The van der Waals surface area contributed by atoms with Gasteiger partial charge in [0.05, 0.1) is 18.0 Å². The fourth-order valence-electron chi connectivity index (χ4n) is 3.86. The van der Waals surface area contributed by atoms with Gasteiger partial charge >= 0.3 is 0 Å². The maximum Gasteiger partial charge on any atom is 0.243 e. The van der Waals surface area contributed by atoms with E-state index in [1.54, 1.807) is 29.6 Å². The minimum Gasteiger partial charge on any atom is -0.496 e. The Kier molecular flexibility index (Phi) is 8.74. The number of carbonyl (C=O) groups is 1. The first-order chi connectivity index (χ1) is 15.8. The van der Waals surface area contributed by atoms with Gasteiger partial charge in [0.1, 0.15) is 18.1 Å². The van der Waals surface area contributed by atoms with Crippen molar-refractivity contribution in [1.29, 1.82) is 0 Å². The summed E-state index contributed by atoms with van der Waals surface area (Å²) in [4.78, 5) is 12.7. The van der Waals surface area contributed by atoms with Crippen molar-refractivity contribution in [2.75, 3.05) is 26.8 Å². The van der Waals surface area contributed by atoms with E-state index >= 15 is 0 Å². The average Bonchev–Trinajstić information content (AvgIpc) is 2.82. The van der Waals surface area contributed by atoms with Gasteiger partial charge in [0.25, 0.3) is 0 Å². The lowest BCUT2D eigenvalue weighted by molar-refractivity contribution is -0.121. The van der Waals surface area contributed by atoms with Gasteiger partial charge in [-0.3, -0.25) is 4.79 Å². The lowest BCUT2D eigenvalue weighted by Gasteiger charge is -2.26. The summed E-state index contributed by atoms with van der Waals surface area (Å²) in [7, 11) is -2.00. The highest BCUT2D eigenvalue weighted by atomic mass is 32.2. The Morgan fingerprint density at radius 1 is 1.09 bits per heavy atom. The quantitative estimate of drug-likeness (QED) is 0.568. The number of piperidine rings is 1. The van der Waals surface area contributed by atoms with Crippen LogP contribution in [0.2, 0.25) is 0 Å². The molecule has 0 bridgehead atoms. The summed E-state index contributed by atoms with van der Waals surface area (Å²) in [6.07, 6.45) is 3.42. The van der Waals surface area contributed by atoms with Crippen LogP contribution in [0.15, 0.2) is 47.4 Å². The van der Waals surface area contributed by atoms with Gasteiger partial charge in [-0.1, -0.05) is 24.1 Å². The monoisotopic (exact) mass is 474 g/mol. The van der Waals surface area contributed by atoms with Crippen LogP contribution in [0.3, 0.4) is 0 Å². The zero-order chi connectivity index (χ0) is 23.8. The highest BCUT2D eigenvalue weighted by molar-refractivity contribution is 7.89. The van der Waals surface area contributed by atoms with Crippen LogP contribution in [0.25, 0.3) is 0 Å². The first-order valence-electron chi connectivity index (χ1n) is 11.5. The van der Waals surface area contributed by atoms with Crippen molar-refractivity contribution in [1.82, 2.24) is 9.62 Å². The van der Waals surface area contributed by atoms with Gasteiger partial charge in [-0.2, -0.15) is 4.31 Å². The highest BCUT2D eigenvalue weighted by Crippen LogP contribution is 2.27. The summed E-state index contributed by atoms with van der Waals surface area (Å²) in [5, 5.41) is 2.93. The lowest BCUT2D eigenvalue weighted by atomic mass is 10.1. The van der Waals surface area contributed by atoms with E-state index in [0.29, 0.717) is 37.4 Å². The van der Waals surface area contributed by atoms with Crippen molar-refractivity contribution >= 4 is 15.9 Å². The van der Waals surface area contributed by atoms with Gasteiger partial charge in [-0.05, 0) is 69.0 Å². The largest absolute Gasteiger partial charge is 0.496 e. The van der Waals surface area contributed by atoms with E-state index in [0.717, 1.165) is 30.6 Å². The number of sulfonamides is 1. The number of carbonyl (C=O) groups excluding carboxylic acids is 1. The van der Waals surface area contributed by atoms with Crippen LogP contribution in [-0.2, 0) is 21.2 Å². The van der Waals surface area contributed by atoms with Crippen molar-refractivity contribution in [3.8, 4) is 11.5 Å². The zero-order valence-electron chi connectivity index (χ0n) is 19.7. The second-order valence-electron chi connectivity index (χ2n) is 8.53. The van der Waals surface area contributed by atoms with E-state index in [2.05, 4.69) is 5.32 Å². The third kappa shape index (κ3) is 6.95. The Balaban J connectivity index is 1.57. The van der Waals surface area contributed by atoms with Crippen molar-refractivity contribution in [2.24, 2.45) is 0 Å². The van der Waals surface area contributed by atoms with Crippen LogP contribution in [0.5, 0.6) is 11.5 Å². The highest BCUT2D eigenvalue weighted by Gasteiger charge is 2.26. The maximum atomic E-state index is 13.0. The molecule has 3 rings (SSSR count). The Morgan fingerprint density at radius 2 is 1.79 bits per heavy atom. The Morgan fingerprint density at radius 3 is 2.45 bits per heavy atom. The normalized spacial score (nSPS) is 15.6. The predicted octanol–water partition coefficient (Wildman–Crippen LogP) is 3.69. The molecule has 0 spiro atoms. The third-order valence-electron chi connectivity index (χ3n) is 5.75. The zero-order valence-corrected chi connectivity index (χ0v) is 20.5. The minimum absolute atomic E-state index is 0.124. The number of hydrogen-bond acceptors (Lipinski definition) is 5. The van der Waals surface area contributed by atoms with Gasteiger partial charge in [0, 0.05) is 19.5 Å². The van der Waals surface area contributed by atoms with Gasteiger partial charge in [0.15, 0.2) is 0 Å². The van der Waals surface area contributed by atoms with Crippen molar-refractivity contribution < 1.29 is 22.7 Å². The van der Waals surface area contributed by atoms with E-state index in [1.807, 2.05) is 38.1 Å². The van der Waals surface area contributed by atoms with Crippen LogP contribution in [0, 0.1) is 6.92 Å². The van der Waals surface area contributed by atoms with Gasteiger partial charge in [-0.15, -0.1) is 0 Å². The molecule has 1 aliphatic rings. The maximum absolute atomic E-state index is 13.0. The van der Waals surface area contributed by atoms with Crippen LogP contribution in [-0.4, -0.2) is 51.5 Å². The van der Waals surface area contributed by atoms with Crippen molar-refractivity contribution in [3.63, 3.8) is 0 Å². The molecule has 0 saturated carbocycles. The molecular weight excluding hydrogens is 440 g/mol. The summed E-state index contributed by atoms with van der Waals surface area (Å²) in [5.74, 6) is 1.22. The average molecular weight is 475 g/mol. The van der Waals surface area contributed by atoms with E-state index in [1.165, 1.54) is 0 Å². The summed E-state index contributed by atoms with van der Waals surface area (Å²) >= 11 is 0. The number of methoxy groups -OCH3 is 1. The summed E-state index contributed by atoms with van der Waals surface area (Å²) in [6, 6.07) is 12.5. The summed E-state index contributed by atoms with van der Waals surface area (Å²) in [6.45, 7) is 5.36. The first-order valence-corrected chi connectivity index (χ1v) is 12.9. The number of hydrogen-bond donors (Lipinski definition) is 1. The molecule has 33 heavy (non-hydrogen) atoms. The molecule has 1 saturated heterocycles. The molecule has 0 radical (unpaired) electrons. The van der Waals surface area contributed by atoms with Crippen molar-refractivity contribution in [2.45, 2.75) is 56.9 Å². The second-order valence-corrected chi connectivity index (χ2v) is 10.5. The van der Waals surface area contributed by atoms with E-state index in [9.17, 15) is 13.2 Å². The minimum atomic E-state index is -3.54. The molecule has 1 fully saturated rings. The molecule has 1 atom stereocenters. The first kappa shape index (κ1) is 25.1. The molecular formula is C25H34N2O5S. The standard InChI is InChI=1S/C25H34N2O5S/c1-19-7-10-22(11-8-19)32-18-20(2)26-25(28)14-9-21-17-23(12-13-24(21)31-3)33(29,30)27-15-5-4-6-16-27/h7-8,10-13,17,20H,4-6,9,14-16,18H2,1-3H3,(H,26,28)/t20-/m0/s1. The van der Waals surface area contributed by atoms with Crippen molar-refractivity contribution in [3.05, 3.63) is 53.6 Å².